The maximum absolute atomic E-state index is 3.36. The van der Waals surface area contributed by atoms with Crippen molar-refractivity contribution in [1.82, 2.24) is 15.1 Å². The Morgan fingerprint density at radius 1 is 0.950 bits per heavy atom. The van der Waals surface area contributed by atoms with Crippen LogP contribution in [-0.2, 0) is 13.1 Å². The van der Waals surface area contributed by atoms with Crippen LogP contribution in [0.4, 0.5) is 0 Å². The lowest BCUT2D eigenvalue weighted by molar-refractivity contribution is 0.259. The minimum Gasteiger partial charge on any atom is -0.313 e. The van der Waals surface area contributed by atoms with Gasteiger partial charge in [0.25, 0.3) is 0 Å². The number of nitrogens with one attached hydrogen (secondary N) is 1. The SMILES string of the molecule is CCNCc1ccc(CN(CC)CCCN(C)C)cc1. The zero-order chi connectivity index (χ0) is 14.8. The van der Waals surface area contributed by atoms with Crippen LogP contribution in [0.2, 0.25) is 0 Å². The Bertz CT molecular complexity index is 346. The van der Waals surface area contributed by atoms with E-state index in [1.165, 1.54) is 24.1 Å². The molecule has 0 aromatic heterocycles. The van der Waals surface area contributed by atoms with Gasteiger partial charge in [-0.1, -0.05) is 38.1 Å². The molecule has 0 aliphatic rings. The first kappa shape index (κ1) is 17.2. The Balaban J connectivity index is 2.40. The Morgan fingerprint density at radius 3 is 2.15 bits per heavy atom. The van der Waals surface area contributed by atoms with Gasteiger partial charge >= 0.3 is 0 Å². The number of nitrogens with zero attached hydrogens (tertiary/aromatic N) is 2. The lowest BCUT2D eigenvalue weighted by atomic mass is 10.1. The Morgan fingerprint density at radius 2 is 1.60 bits per heavy atom. The molecule has 3 heteroatoms. The summed E-state index contributed by atoms with van der Waals surface area (Å²) < 4.78 is 0. The van der Waals surface area contributed by atoms with Crippen LogP contribution in [0, 0.1) is 0 Å². The third kappa shape index (κ3) is 7.04. The third-order valence-electron chi connectivity index (χ3n) is 3.54. The summed E-state index contributed by atoms with van der Waals surface area (Å²) in [6, 6.07) is 9.01. The van der Waals surface area contributed by atoms with Crippen molar-refractivity contribution in [2.45, 2.75) is 33.4 Å². The van der Waals surface area contributed by atoms with Crippen molar-refractivity contribution in [3.05, 3.63) is 35.4 Å². The molecule has 0 aliphatic carbocycles. The van der Waals surface area contributed by atoms with Gasteiger partial charge in [-0.05, 0) is 57.8 Å². The van der Waals surface area contributed by atoms with Crippen molar-refractivity contribution >= 4 is 0 Å². The second-order valence-electron chi connectivity index (χ2n) is 5.62. The summed E-state index contributed by atoms with van der Waals surface area (Å²) >= 11 is 0. The van der Waals surface area contributed by atoms with Gasteiger partial charge in [0.05, 0.1) is 0 Å². The molecule has 0 unspecified atom stereocenters. The van der Waals surface area contributed by atoms with E-state index in [1.54, 1.807) is 0 Å². The molecule has 0 heterocycles. The summed E-state index contributed by atoms with van der Waals surface area (Å²) in [6.45, 7) is 10.9. The topological polar surface area (TPSA) is 18.5 Å². The highest BCUT2D eigenvalue weighted by molar-refractivity contribution is 5.22. The fourth-order valence-corrected chi connectivity index (χ4v) is 2.25. The van der Waals surface area contributed by atoms with E-state index in [9.17, 15) is 0 Å². The van der Waals surface area contributed by atoms with Crippen molar-refractivity contribution in [1.29, 1.82) is 0 Å². The van der Waals surface area contributed by atoms with Gasteiger partial charge in [-0.25, -0.2) is 0 Å². The molecule has 20 heavy (non-hydrogen) atoms. The monoisotopic (exact) mass is 277 g/mol. The van der Waals surface area contributed by atoms with Gasteiger partial charge in [0.2, 0.25) is 0 Å². The van der Waals surface area contributed by atoms with Gasteiger partial charge in [-0.2, -0.15) is 0 Å². The van der Waals surface area contributed by atoms with Crippen LogP contribution in [0.5, 0.6) is 0 Å². The van der Waals surface area contributed by atoms with Crippen LogP contribution in [0.3, 0.4) is 0 Å². The lowest BCUT2D eigenvalue weighted by Crippen LogP contribution is -2.26. The Kier molecular flexibility index (Phi) is 8.51. The minimum atomic E-state index is 0.969. The average molecular weight is 277 g/mol. The standard InChI is InChI=1S/C17H31N3/c1-5-18-14-16-8-10-17(11-9-16)15-20(6-2)13-7-12-19(3)4/h8-11,18H,5-7,12-15H2,1-4H3. The maximum Gasteiger partial charge on any atom is 0.0233 e. The molecule has 0 atom stereocenters. The zero-order valence-corrected chi connectivity index (χ0v) is 13.7. The molecule has 0 saturated heterocycles. The van der Waals surface area contributed by atoms with Gasteiger partial charge < -0.3 is 10.2 Å². The van der Waals surface area contributed by atoms with E-state index >= 15 is 0 Å². The minimum absolute atomic E-state index is 0.969. The van der Waals surface area contributed by atoms with Gasteiger partial charge in [0.1, 0.15) is 0 Å². The lowest BCUT2D eigenvalue weighted by Gasteiger charge is -2.21. The summed E-state index contributed by atoms with van der Waals surface area (Å²) in [6.07, 6.45) is 1.24. The molecule has 1 N–H and O–H groups in total. The molecular formula is C17H31N3. The second kappa shape index (κ2) is 9.92. The fraction of sp³-hybridized carbons (Fsp3) is 0.647. The third-order valence-corrected chi connectivity index (χ3v) is 3.54. The zero-order valence-electron chi connectivity index (χ0n) is 13.7. The highest BCUT2D eigenvalue weighted by Crippen LogP contribution is 2.08. The maximum atomic E-state index is 3.36. The van der Waals surface area contributed by atoms with Crippen LogP contribution >= 0.6 is 0 Å². The van der Waals surface area contributed by atoms with Crippen molar-refractivity contribution in [2.24, 2.45) is 0 Å². The van der Waals surface area contributed by atoms with Crippen LogP contribution in [0.1, 0.15) is 31.4 Å². The molecule has 0 aliphatic heterocycles. The van der Waals surface area contributed by atoms with Crippen LogP contribution in [0.25, 0.3) is 0 Å². The fourth-order valence-electron chi connectivity index (χ4n) is 2.25. The van der Waals surface area contributed by atoms with Crippen molar-refractivity contribution < 1.29 is 0 Å². The number of hydrogen-bond acceptors (Lipinski definition) is 3. The first-order valence-electron chi connectivity index (χ1n) is 7.81. The van der Waals surface area contributed by atoms with E-state index in [0.717, 1.165) is 32.7 Å². The van der Waals surface area contributed by atoms with Crippen LogP contribution in [-0.4, -0.2) is 50.1 Å². The molecule has 0 amide bonds. The molecule has 0 bridgehead atoms. The number of hydrogen-bond donors (Lipinski definition) is 1. The number of rotatable bonds is 10. The molecule has 1 aromatic carbocycles. The van der Waals surface area contributed by atoms with Gasteiger partial charge in [-0.3, -0.25) is 4.90 Å². The van der Waals surface area contributed by atoms with E-state index < -0.39 is 0 Å². The highest BCUT2D eigenvalue weighted by Gasteiger charge is 2.04. The molecule has 3 nitrogen and oxygen atoms in total. The average Bonchev–Trinajstić information content (AvgIpc) is 2.45. The van der Waals surface area contributed by atoms with Crippen LogP contribution < -0.4 is 5.32 Å². The molecule has 0 fully saturated rings. The van der Waals surface area contributed by atoms with Gasteiger partial charge in [0, 0.05) is 13.1 Å². The van der Waals surface area contributed by atoms with E-state index in [0.29, 0.717) is 0 Å². The molecule has 0 radical (unpaired) electrons. The molecule has 1 rings (SSSR count). The molecule has 0 saturated carbocycles. The quantitative estimate of drug-likeness (QED) is 0.709. The predicted molar refractivity (Wildman–Crippen MR) is 87.9 cm³/mol. The van der Waals surface area contributed by atoms with E-state index in [2.05, 4.69) is 67.3 Å². The molecule has 114 valence electrons. The predicted octanol–water partition coefficient (Wildman–Crippen LogP) is 2.57. The summed E-state index contributed by atoms with van der Waals surface area (Å²) in [5, 5.41) is 3.36. The van der Waals surface area contributed by atoms with Crippen molar-refractivity contribution in [3.8, 4) is 0 Å². The van der Waals surface area contributed by atoms with E-state index in [4.69, 9.17) is 0 Å². The highest BCUT2D eigenvalue weighted by atomic mass is 15.1. The molecule has 1 aromatic rings. The molecule has 0 spiro atoms. The normalized spacial score (nSPS) is 11.5. The second-order valence-corrected chi connectivity index (χ2v) is 5.62. The van der Waals surface area contributed by atoms with Crippen molar-refractivity contribution in [3.63, 3.8) is 0 Å². The smallest absolute Gasteiger partial charge is 0.0233 e. The summed E-state index contributed by atoms with van der Waals surface area (Å²) in [7, 11) is 4.28. The first-order valence-corrected chi connectivity index (χ1v) is 7.81. The molecular weight excluding hydrogens is 246 g/mol. The van der Waals surface area contributed by atoms with Crippen LogP contribution in [0.15, 0.2) is 24.3 Å². The van der Waals surface area contributed by atoms with Gasteiger partial charge in [-0.15, -0.1) is 0 Å². The largest absolute Gasteiger partial charge is 0.313 e. The summed E-state index contributed by atoms with van der Waals surface area (Å²) in [5.74, 6) is 0. The first-order chi connectivity index (χ1) is 9.65. The Labute approximate surface area is 125 Å². The Hall–Kier alpha value is -0.900. The van der Waals surface area contributed by atoms with E-state index in [1.807, 2.05) is 0 Å². The van der Waals surface area contributed by atoms with E-state index in [-0.39, 0.29) is 0 Å². The summed E-state index contributed by atoms with van der Waals surface area (Å²) in [4.78, 5) is 4.77. The number of benzene rings is 1. The summed E-state index contributed by atoms with van der Waals surface area (Å²) in [5.41, 5.74) is 2.78. The van der Waals surface area contributed by atoms with Crippen molar-refractivity contribution in [2.75, 3.05) is 40.3 Å². The van der Waals surface area contributed by atoms with Gasteiger partial charge in [0.15, 0.2) is 0 Å².